The number of aliphatic hydroxyl groups is 5. The van der Waals surface area contributed by atoms with Gasteiger partial charge in [0, 0.05) is 6.42 Å². The molecule has 7 unspecified atom stereocenters. The lowest BCUT2D eigenvalue weighted by molar-refractivity contribution is -0.302. The molecule has 0 bridgehead atoms. The molecule has 1 amide bonds. The summed E-state index contributed by atoms with van der Waals surface area (Å²) in [7, 11) is 0. The Balaban J connectivity index is 2.07. The Kier molecular flexibility index (Phi) is 61.1. The molecule has 0 aromatic rings. The summed E-state index contributed by atoms with van der Waals surface area (Å²) in [5, 5.41) is 55.0. The van der Waals surface area contributed by atoms with Crippen LogP contribution in [-0.4, -0.2) is 87.5 Å². The fraction of sp³-hybridized carbons (Fsp3) is 0.932. The maximum atomic E-state index is 13.2. The smallest absolute Gasteiger partial charge is 0.220 e. The van der Waals surface area contributed by atoms with Gasteiger partial charge in [0.15, 0.2) is 6.29 Å². The van der Waals surface area contributed by atoms with E-state index in [4.69, 9.17) is 9.47 Å². The van der Waals surface area contributed by atoms with Crippen LogP contribution < -0.4 is 5.32 Å². The standard InChI is InChI=1S/C74H143NO8/c1-3-5-7-9-11-13-15-17-19-21-23-25-27-29-31-32-33-34-35-36-38-40-42-44-46-48-50-52-54-56-58-60-62-64-70(78)75-67(66-82-74-73(81)72(80)71(79)69(65-76)83-74)68(77)63-61-59-57-55-53-51-49-47-45-43-41-39-37-30-28-26-24-22-20-18-16-14-12-10-8-6-4-2/h15,17,21,23,67-69,71-74,76-77,79-81H,3-14,16,18-20,22,24-66H2,1-2H3,(H,75,78)/b17-15-,23-21-. The monoisotopic (exact) mass is 1170 g/mol. The van der Waals surface area contributed by atoms with Crippen molar-refractivity contribution in [3.8, 4) is 0 Å². The summed E-state index contributed by atoms with van der Waals surface area (Å²) in [5.74, 6) is -0.135. The number of hydrogen-bond donors (Lipinski definition) is 6. The van der Waals surface area contributed by atoms with Crippen molar-refractivity contribution < 1.29 is 39.8 Å². The van der Waals surface area contributed by atoms with Gasteiger partial charge in [-0.2, -0.15) is 0 Å². The molecule has 492 valence electrons. The van der Waals surface area contributed by atoms with Crippen molar-refractivity contribution in [2.24, 2.45) is 0 Å². The molecule has 0 radical (unpaired) electrons. The summed E-state index contributed by atoms with van der Waals surface area (Å²) in [6.07, 6.45) is 76.9. The van der Waals surface area contributed by atoms with Crippen LogP contribution in [0.2, 0.25) is 0 Å². The lowest BCUT2D eigenvalue weighted by Gasteiger charge is -2.40. The van der Waals surface area contributed by atoms with E-state index in [0.717, 1.165) is 44.9 Å². The van der Waals surface area contributed by atoms with Gasteiger partial charge in [0.25, 0.3) is 0 Å². The van der Waals surface area contributed by atoms with E-state index in [0.29, 0.717) is 12.8 Å². The molecule has 0 saturated carbocycles. The van der Waals surface area contributed by atoms with Crippen LogP contribution in [0.25, 0.3) is 0 Å². The van der Waals surface area contributed by atoms with Gasteiger partial charge in [-0.3, -0.25) is 4.79 Å². The molecular weight excluding hydrogens is 1030 g/mol. The van der Waals surface area contributed by atoms with Crippen molar-refractivity contribution in [1.29, 1.82) is 0 Å². The fourth-order valence-electron chi connectivity index (χ4n) is 12.3. The highest BCUT2D eigenvalue weighted by atomic mass is 16.7. The second kappa shape index (κ2) is 63.7. The van der Waals surface area contributed by atoms with Gasteiger partial charge in [0.2, 0.25) is 5.91 Å². The van der Waals surface area contributed by atoms with E-state index in [1.54, 1.807) is 0 Å². The van der Waals surface area contributed by atoms with E-state index in [-0.39, 0.29) is 12.5 Å². The predicted molar refractivity (Wildman–Crippen MR) is 355 cm³/mol. The van der Waals surface area contributed by atoms with E-state index in [1.165, 1.54) is 315 Å². The molecule has 1 rings (SSSR count). The van der Waals surface area contributed by atoms with Gasteiger partial charge < -0.3 is 40.3 Å². The molecule has 0 aliphatic carbocycles. The van der Waals surface area contributed by atoms with Gasteiger partial charge in [-0.1, -0.05) is 359 Å². The van der Waals surface area contributed by atoms with Gasteiger partial charge in [0.05, 0.1) is 25.4 Å². The van der Waals surface area contributed by atoms with Gasteiger partial charge in [-0.25, -0.2) is 0 Å². The maximum absolute atomic E-state index is 13.2. The molecule has 1 aliphatic rings. The highest BCUT2D eigenvalue weighted by molar-refractivity contribution is 5.76. The Morgan fingerprint density at radius 2 is 0.711 bits per heavy atom. The van der Waals surface area contributed by atoms with Crippen molar-refractivity contribution in [3.63, 3.8) is 0 Å². The zero-order valence-corrected chi connectivity index (χ0v) is 55.2. The summed E-state index contributed by atoms with van der Waals surface area (Å²) in [5.41, 5.74) is 0. The van der Waals surface area contributed by atoms with Crippen molar-refractivity contribution >= 4 is 5.91 Å². The molecule has 0 aromatic heterocycles. The summed E-state index contributed by atoms with van der Waals surface area (Å²) < 4.78 is 11.4. The molecular formula is C74H143NO8. The molecule has 0 aromatic carbocycles. The number of unbranched alkanes of at least 4 members (excludes halogenated alkanes) is 52. The van der Waals surface area contributed by atoms with Crippen molar-refractivity contribution in [2.45, 2.75) is 429 Å². The summed E-state index contributed by atoms with van der Waals surface area (Å²) in [6, 6.07) is -0.718. The lowest BCUT2D eigenvalue weighted by atomic mass is 9.99. The number of hydrogen-bond acceptors (Lipinski definition) is 8. The Hall–Kier alpha value is -1.33. The molecule has 6 N–H and O–H groups in total. The van der Waals surface area contributed by atoms with Crippen LogP contribution in [0.1, 0.15) is 386 Å². The molecule has 83 heavy (non-hydrogen) atoms. The Labute approximate surface area is 515 Å². The Morgan fingerprint density at radius 3 is 1.04 bits per heavy atom. The minimum absolute atomic E-state index is 0.132. The van der Waals surface area contributed by atoms with Crippen LogP contribution in [0, 0.1) is 0 Å². The molecule has 0 spiro atoms. The maximum Gasteiger partial charge on any atom is 0.220 e. The summed E-state index contributed by atoms with van der Waals surface area (Å²) in [4.78, 5) is 13.2. The molecule has 1 saturated heterocycles. The first-order valence-electron chi connectivity index (χ1n) is 37.0. The molecule has 1 fully saturated rings. The van der Waals surface area contributed by atoms with Crippen LogP contribution in [0.15, 0.2) is 24.3 Å². The number of aliphatic hydroxyl groups excluding tert-OH is 5. The highest BCUT2D eigenvalue weighted by Crippen LogP contribution is 2.24. The van der Waals surface area contributed by atoms with Gasteiger partial charge in [-0.05, 0) is 44.9 Å². The third-order valence-electron chi connectivity index (χ3n) is 18.1. The van der Waals surface area contributed by atoms with Crippen molar-refractivity contribution in [2.75, 3.05) is 13.2 Å². The van der Waals surface area contributed by atoms with E-state index >= 15 is 0 Å². The van der Waals surface area contributed by atoms with Crippen molar-refractivity contribution in [1.82, 2.24) is 5.32 Å². The predicted octanol–water partition coefficient (Wildman–Crippen LogP) is 20.4. The number of allylic oxidation sites excluding steroid dienone is 4. The van der Waals surface area contributed by atoms with Crippen LogP contribution in [0.3, 0.4) is 0 Å². The largest absolute Gasteiger partial charge is 0.394 e. The number of carbonyl (C=O) groups excluding carboxylic acids is 1. The highest BCUT2D eigenvalue weighted by Gasteiger charge is 2.44. The first kappa shape index (κ1) is 79.7. The Bertz CT molecular complexity index is 1360. The topological polar surface area (TPSA) is 149 Å². The zero-order chi connectivity index (χ0) is 60.0. The number of carbonyl (C=O) groups is 1. The van der Waals surface area contributed by atoms with Crippen LogP contribution in [0.4, 0.5) is 0 Å². The average Bonchev–Trinajstić information content (AvgIpc) is 3.61. The van der Waals surface area contributed by atoms with Crippen LogP contribution in [-0.2, 0) is 14.3 Å². The molecule has 1 aliphatic heterocycles. The lowest BCUT2D eigenvalue weighted by Crippen LogP contribution is -2.60. The number of ether oxygens (including phenoxy) is 2. The van der Waals surface area contributed by atoms with Gasteiger partial charge >= 0.3 is 0 Å². The first-order chi connectivity index (χ1) is 40.8. The third kappa shape index (κ3) is 52.3. The second-order valence-electron chi connectivity index (χ2n) is 26.1. The molecule has 9 nitrogen and oxygen atoms in total. The zero-order valence-electron chi connectivity index (χ0n) is 55.2. The van der Waals surface area contributed by atoms with E-state index in [2.05, 4.69) is 43.5 Å². The van der Waals surface area contributed by atoms with E-state index in [9.17, 15) is 30.3 Å². The van der Waals surface area contributed by atoms with Gasteiger partial charge in [-0.15, -0.1) is 0 Å². The Morgan fingerprint density at radius 1 is 0.410 bits per heavy atom. The van der Waals surface area contributed by atoms with Crippen molar-refractivity contribution in [3.05, 3.63) is 24.3 Å². The minimum atomic E-state index is -1.55. The van der Waals surface area contributed by atoms with E-state index < -0.39 is 49.5 Å². The molecule has 1 heterocycles. The van der Waals surface area contributed by atoms with Crippen LogP contribution in [0.5, 0.6) is 0 Å². The normalized spacial score (nSPS) is 18.3. The quantitative estimate of drug-likeness (QED) is 0.0261. The first-order valence-corrected chi connectivity index (χ1v) is 37.0. The SMILES string of the molecule is CCCCCCC/C=C\C/C=C\CCCCCCCCCCCCCCCCCCCCCCCC(=O)NC(COC1OC(CO)C(O)C(O)C1O)C(O)CCCCCCCCCCCCCCCCCCCCCCCCCCCCC. The van der Waals surface area contributed by atoms with Crippen LogP contribution >= 0.6 is 0 Å². The average molecular weight is 1170 g/mol. The number of rotatable bonds is 66. The third-order valence-corrected chi connectivity index (χ3v) is 18.1. The number of nitrogens with one attached hydrogen (secondary N) is 1. The minimum Gasteiger partial charge on any atom is -0.394 e. The molecule has 7 atom stereocenters. The fourth-order valence-corrected chi connectivity index (χ4v) is 12.3. The van der Waals surface area contributed by atoms with E-state index in [1.807, 2.05) is 0 Å². The molecule has 9 heteroatoms. The second-order valence-corrected chi connectivity index (χ2v) is 26.1. The summed E-state index contributed by atoms with van der Waals surface area (Å²) >= 11 is 0. The summed E-state index contributed by atoms with van der Waals surface area (Å²) in [6.45, 7) is 3.89. The van der Waals surface area contributed by atoms with Gasteiger partial charge in [0.1, 0.15) is 24.4 Å². The number of amides is 1.